The van der Waals surface area contributed by atoms with E-state index < -0.39 is 5.91 Å². The molecule has 5 heteroatoms. The lowest BCUT2D eigenvalue weighted by Crippen LogP contribution is -2.18. The molecule has 4 rings (SSSR count). The Kier molecular flexibility index (Phi) is 7.18. The largest absolute Gasteiger partial charge is 0.490 e. The van der Waals surface area contributed by atoms with Gasteiger partial charge in [0.2, 0.25) is 0 Å². The van der Waals surface area contributed by atoms with Crippen LogP contribution in [0.5, 0.6) is 5.75 Å². The molecule has 0 spiro atoms. The van der Waals surface area contributed by atoms with Gasteiger partial charge < -0.3 is 10.1 Å². The second kappa shape index (κ2) is 10.4. The predicted molar refractivity (Wildman–Crippen MR) is 124 cm³/mol. The molecule has 2 aromatic carbocycles. The van der Waals surface area contributed by atoms with Crippen molar-refractivity contribution in [1.29, 1.82) is 0 Å². The van der Waals surface area contributed by atoms with E-state index in [1.165, 1.54) is 42.9 Å². The lowest BCUT2D eigenvalue weighted by Gasteiger charge is -2.15. The van der Waals surface area contributed by atoms with E-state index in [0.29, 0.717) is 12.1 Å². The topological polar surface area (TPSA) is 70.6 Å². The van der Waals surface area contributed by atoms with E-state index in [4.69, 9.17) is 9.94 Å². The molecular weight excluding hydrogens is 388 g/mol. The molecule has 0 atom stereocenters. The summed E-state index contributed by atoms with van der Waals surface area (Å²) in [7, 11) is 0. The maximum Gasteiger partial charge on any atom is 0.267 e. The smallest absolute Gasteiger partial charge is 0.267 e. The molecule has 5 nitrogen and oxygen atoms in total. The Hall–Kier alpha value is -2.89. The third-order valence-corrected chi connectivity index (χ3v) is 5.78. The quantitative estimate of drug-likeness (QED) is 0.236. The normalized spacial score (nSPS) is 17.3. The van der Waals surface area contributed by atoms with Crippen LogP contribution < -0.4 is 15.5 Å². The minimum Gasteiger partial charge on any atom is -0.490 e. The van der Waals surface area contributed by atoms with Crippen LogP contribution in [0.15, 0.2) is 54.6 Å². The van der Waals surface area contributed by atoms with Gasteiger partial charge in [0.05, 0.1) is 6.10 Å². The van der Waals surface area contributed by atoms with E-state index in [1.807, 2.05) is 24.3 Å². The Morgan fingerprint density at radius 2 is 1.77 bits per heavy atom. The molecule has 2 aromatic rings. The number of amides is 1. The van der Waals surface area contributed by atoms with Crippen molar-refractivity contribution in [3.63, 3.8) is 0 Å². The highest BCUT2D eigenvalue weighted by Gasteiger charge is 2.21. The zero-order valence-electron chi connectivity index (χ0n) is 17.7. The van der Waals surface area contributed by atoms with Crippen LogP contribution in [0, 0.1) is 0 Å². The van der Waals surface area contributed by atoms with Crippen LogP contribution in [-0.4, -0.2) is 29.8 Å². The van der Waals surface area contributed by atoms with Crippen molar-refractivity contribution >= 4 is 23.6 Å². The number of ether oxygens (including phenoxy) is 1. The van der Waals surface area contributed by atoms with Crippen LogP contribution in [0.25, 0.3) is 17.7 Å². The van der Waals surface area contributed by atoms with E-state index in [2.05, 4.69) is 35.7 Å². The third kappa shape index (κ3) is 6.54. The summed E-state index contributed by atoms with van der Waals surface area (Å²) in [5, 5.41) is 12.2. The predicted octanol–water partition coefficient (Wildman–Crippen LogP) is 4.82. The number of nitrogens with one attached hydrogen (secondary N) is 2. The number of rotatable bonds is 9. The molecule has 0 aliphatic heterocycles. The summed E-state index contributed by atoms with van der Waals surface area (Å²) in [4.78, 5) is 11.1. The zero-order chi connectivity index (χ0) is 21.5. The summed E-state index contributed by atoms with van der Waals surface area (Å²) >= 11 is 0. The third-order valence-electron chi connectivity index (χ3n) is 5.78. The van der Waals surface area contributed by atoms with Crippen LogP contribution in [0.2, 0.25) is 0 Å². The van der Waals surface area contributed by atoms with Crippen LogP contribution in [0.4, 0.5) is 0 Å². The molecule has 162 valence electrons. The van der Waals surface area contributed by atoms with Crippen molar-refractivity contribution in [3.8, 4) is 5.75 Å². The molecule has 0 radical (unpaired) electrons. The molecular formula is C26H30N2O3. The second-order valence-corrected chi connectivity index (χ2v) is 8.35. The number of benzene rings is 2. The first kappa shape index (κ1) is 21.3. The number of hydroxylamine groups is 1. The Bertz CT molecular complexity index is 939. The number of hydrogen-bond acceptors (Lipinski definition) is 4. The van der Waals surface area contributed by atoms with Gasteiger partial charge in [0, 0.05) is 18.7 Å². The molecule has 0 saturated heterocycles. The fraction of sp³-hybridized carbons (Fsp3) is 0.346. The molecule has 2 aliphatic rings. The Labute approximate surface area is 183 Å². The molecule has 0 aromatic heterocycles. The second-order valence-electron chi connectivity index (χ2n) is 8.35. The van der Waals surface area contributed by atoms with Gasteiger partial charge in [0.15, 0.2) is 0 Å². The molecule has 2 aliphatic carbocycles. The maximum atomic E-state index is 11.1. The zero-order valence-corrected chi connectivity index (χ0v) is 17.7. The Morgan fingerprint density at radius 1 is 1.03 bits per heavy atom. The van der Waals surface area contributed by atoms with Crippen molar-refractivity contribution < 1.29 is 14.7 Å². The lowest BCUT2D eigenvalue weighted by molar-refractivity contribution is -0.124. The van der Waals surface area contributed by atoms with E-state index in [9.17, 15) is 4.79 Å². The highest BCUT2D eigenvalue weighted by molar-refractivity contribution is 5.91. The number of carbonyl (C=O) groups is 1. The van der Waals surface area contributed by atoms with Gasteiger partial charge in [-0.15, -0.1) is 0 Å². The first-order valence-corrected chi connectivity index (χ1v) is 11.1. The van der Waals surface area contributed by atoms with Crippen molar-refractivity contribution in [2.24, 2.45) is 0 Å². The van der Waals surface area contributed by atoms with E-state index >= 15 is 0 Å². The SMILES string of the molecule is O=C(C=Cc1ccc(/C=C(/CNC2CC2)c2cccc(OC3CCCC3)c2)cc1)NO. The summed E-state index contributed by atoms with van der Waals surface area (Å²) in [5.74, 6) is 0.404. The summed E-state index contributed by atoms with van der Waals surface area (Å²) in [6.45, 7) is 0.815. The van der Waals surface area contributed by atoms with Gasteiger partial charge >= 0.3 is 0 Å². The monoisotopic (exact) mass is 418 g/mol. The fourth-order valence-corrected chi connectivity index (χ4v) is 3.86. The molecule has 2 fully saturated rings. The average molecular weight is 419 g/mol. The summed E-state index contributed by atoms with van der Waals surface area (Å²) in [6, 6.07) is 17.0. The lowest BCUT2D eigenvalue weighted by atomic mass is 10.0. The van der Waals surface area contributed by atoms with E-state index in [-0.39, 0.29) is 0 Å². The van der Waals surface area contributed by atoms with Crippen molar-refractivity contribution in [2.75, 3.05) is 6.54 Å². The molecule has 2 saturated carbocycles. The van der Waals surface area contributed by atoms with Crippen molar-refractivity contribution in [1.82, 2.24) is 10.8 Å². The summed E-state index contributed by atoms with van der Waals surface area (Å²) in [6.07, 6.45) is 12.8. The van der Waals surface area contributed by atoms with Gasteiger partial charge in [-0.1, -0.05) is 36.4 Å². The number of carbonyl (C=O) groups excluding carboxylic acids is 1. The van der Waals surface area contributed by atoms with E-state index in [1.54, 1.807) is 11.6 Å². The van der Waals surface area contributed by atoms with Gasteiger partial charge in [-0.05, 0) is 85.1 Å². The minimum atomic E-state index is -0.544. The fourth-order valence-electron chi connectivity index (χ4n) is 3.86. The molecule has 0 heterocycles. The highest BCUT2D eigenvalue weighted by Crippen LogP contribution is 2.28. The molecule has 31 heavy (non-hydrogen) atoms. The standard InChI is InChI=1S/C26H30N2O3/c29-26(28-30)15-12-19-8-10-20(11-9-19)16-22(18-27-23-13-14-23)21-4-3-7-25(17-21)31-24-5-1-2-6-24/h3-4,7-12,15-17,23-24,27,30H,1-2,5-6,13-14,18H2,(H,28,29)/b15-12?,22-16-. The minimum absolute atomic E-state index is 0.348. The number of hydrogen-bond donors (Lipinski definition) is 3. The molecule has 3 N–H and O–H groups in total. The van der Waals surface area contributed by atoms with Crippen molar-refractivity contribution in [3.05, 3.63) is 71.3 Å². The van der Waals surface area contributed by atoms with Crippen LogP contribution >= 0.6 is 0 Å². The summed E-state index contributed by atoms with van der Waals surface area (Å²) < 4.78 is 6.22. The average Bonchev–Trinajstić information content (AvgIpc) is 3.50. The van der Waals surface area contributed by atoms with Gasteiger partial charge in [0.1, 0.15) is 5.75 Å². The Balaban J connectivity index is 1.52. The van der Waals surface area contributed by atoms with Gasteiger partial charge in [-0.2, -0.15) is 0 Å². The van der Waals surface area contributed by atoms with Gasteiger partial charge in [-0.25, -0.2) is 5.48 Å². The first-order chi connectivity index (χ1) is 15.2. The van der Waals surface area contributed by atoms with Crippen LogP contribution in [0.3, 0.4) is 0 Å². The maximum absolute atomic E-state index is 11.1. The first-order valence-electron chi connectivity index (χ1n) is 11.1. The van der Waals surface area contributed by atoms with Crippen LogP contribution in [-0.2, 0) is 4.79 Å². The van der Waals surface area contributed by atoms with Crippen LogP contribution in [0.1, 0.15) is 55.2 Å². The molecule has 1 amide bonds. The van der Waals surface area contributed by atoms with E-state index in [0.717, 1.165) is 36.3 Å². The van der Waals surface area contributed by atoms with Crippen molar-refractivity contribution in [2.45, 2.75) is 50.7 Å². The van der Waals surface area contributed by atoms with Gasteiger partial charge in [0.25, 0.3) is 5.91 Å². The molecule has 0 unspecified atom stereocenters. The Morgan fingerprint density at radius 3 is 2.48 bits per heavy atom. The highest BCUT2D eigenvalue weighted by atomic mass is 16.5. The van der Waals surface area contributed by atoms with Gasteiger partial charge in [-0.3, -0.25) is 10.0 Å². The molecule has 0 bridgehead atoms. The summed E-state index contributed by atoms with van der Waals surface area (Å²) in [5.41, 5.74) is 5.99.